The quantitative estimate of drug-likeness (QED) is 0.682. The Bertz CT molecular complexity index is 1070. The molecule has 0 unspecified atom stereocenters. The summed E-state index contributed by atoms with van der Waals surface area (Å²) in [6, 6.07) is 14.0. The fourth-order valence-electron chi connectivity index (χ4n) is 2.80. The minimum atomic E-state index is -0.297. The zero-order valence-corrected chi connectivity index (χ0v) is 16.5. The summed E-state index contributed by atoms with van der Waals surface area (Å²) in [5.41, 5.74) is 3.77. The molecule has 0 atom stereocenters. The van der Waals surface area contributed by atoms with Gasteiger partial charge in [-0.15, -0.1) is 0 Å². The van der Waals surface area contributed by atoms with Crippen molar-refractivity contribution in [2.45, 2.75) is 20.8 Å². The van der Waals surface area contributed by atoms with Crippen LogP contribution < -0.4 is 10.1 Å². The van der Waals surface area contributed by atoms with Crippen LogP contribution in [0.1, 0.15) is 34.2 Å². The number of aromatic nitrogens is 2. The Balaban J connectivity index is 1.84. The van der Waals surface area contributed by atoms with Crippen molar-refractivity contribution in [1.82, 2.24) is 9.78 Å². The first-order chi connectivity index (χ1) is 13.4. The molecule has 3 aromatic rings. The molecule has 1 amide bonds. The van der Waals surface area contributed by atoms with Crippen LogP contribution in [0.25, 0.3) is 5.69 Å². The molecule has 3 rings (SSSR count). The fourth-order valence-corrected chi connectivity index (χ4v) is 2.92. The Morgan fingerprint density at radius 3 is 2.54 bits per heavy atom. The topological polar surface area (TPSA) is 79.9 Å². The highest BCUT2D eigenvalue weighted by atomic mass is 35.5. The van der Waals surface area contributed by atoms with Crippen LogP contribution in [0.5, 0.6) is 5.75 Å². The predicted molar refractivity (Wildman–Crippen MR) is 108 cm³/mol. The average Bonchev–Trinajstić information content (AvgIpc) is 2.97. The largest absolute Gasteiger partial charge is 0.492 e. The van der Waals surface area contributed by atoms with E-state index in [2.05, 4.69) is 16.5 Å². The second kappa shape index (κ2) is 8.15. The fraction of sp³-hybridized carbons (Fsp3) is 0.190. The Kier molecular flexibility index (Phi) is 5.67. The predicted octanol–water partition coefficient (Wildman–Crippen LogP) is 4.67. The third kappa shape index (κ3) is 3.85. The maximum Gasteiger partial charge on any atom is 0.255 e. The maximum absolute atomic E-state index is 12.7. The zero-order chi connectivity index (χ0) is 20.3. The first-order valence-electron chi connectivity index (χ1n) is 8.75. The minimum absolute atomic E-state index is 0.297. The summed E-state index contributed by atoms with van der Waals surface area (Å²) in [5, 5.41) is 16.9. The second-order valence-electron chi connectivity index (χ2n) is 6.15. The van der Waals surface area contributed by atoms with E-state index in [0.717, 1.165) is 17.1 Å². The number of rotatable bonds is 5. The molecule has 0 saturated heterocycles. The number of ether oxygens (including phenoxy) is 1. The van der Waals surface area contributed by atoms with Crippen molar-refractivity contribution in [1.29, 1.82) is 5.26 Å². The molecule has 1 aromatic heterocycles. The summed E-state index contributed by atoms with van der Waals surface area (Å²) >= 11 is 6.20. The number of amides is 1. The number of halogens is 1. The molecule has 0 spiro atoms. The second-order valence-corrected chi connectivity index (χ2v) is 6.53. The molecule has 142 valence electrons. The zero-order valence-electron chi connectivity index (χ0n) is 15.8. The van der Waals surface area contributed by atoms with E-state index < -0.39 is 0 Å². The molecule has 0 saturated carbocycles. The van der Waals surface area contributed by atoms with Crippen LogP contribution in [0.15, 0.2) is 42.5 Å². The Hall–Kier alpha value is -3.30. The lowest BCUT2D eigenvalue weighted by Gasteiger charge is -2.12. The molecule has 6 nitrogen and oxygen atoms in total. The van der Waals surface area contributed by atoms with Gasteiger partial charge in [0.05, 0.1) is 46.0 Å². The normalized spacial score (nSPS) is 10.4. The molecule has 0 aliphatic carbocycles. The number of nitriles is 1. The summed E-state index contributed by atoms with van der Waals surface area (Å²) in [6.07, 6.45) is 0. The van der Waals surface area contributed by atoms with Crippen molar-refractivity contribution < 1.29 is 9.53 Å². The third-order valence-electron chi connectivity index (χ3n) is 4.23. The van der Waals surface area contributed by atoms with Crippen LogP contribution in [0.4, 0.5) is 5.69 Å². The molecule has 0 radical (unpaired) electrons. The number of hydrogen-bond donors (Lipinski definition) is 1. The lowest BCUT2D eigenvalue weighted by atomic mass is 10.1. The van der Waals surface area contributed by atoms with Crippen LogP contribution in [0, 0.1) is 25.2 Å². The van der Waals surface area contributed by atoms with Gasteiger partial charge < -0.3 is 10.1 Å². The molecular weight excluding hydrogens is 376 g/mol. The third-order valence-corrected chi connectivity index (χ3v) is 4.78. The highest BCUT2D eigenvalue weighted by molar-refractivity contribution is 6.31. The lowest BCUT2D eigenvalue weighted by Crippen LogP contribution is -2.13. The van der Waals surface area contributed by atoms with Crippen LogP contribution in [0.2, 0.25) is 5.02 Å². The van der Waals surface area contributed by atoms with Crippen LogP contribution >= 0.6 is 11.6 Å². The van der Waals surface area contributed by atoms with E-state index >= 15 is 0 Å². The summed E-state index contributed by atoms with van der Waals surface area (Å²) in [4.78, 5) is 12.7. The van der Waals surface area contributed by atoms with Gasteiger partial charge in [0, 0.05) is 5.56 Å². The van der Waals surface area contributed by atoms with Crippen molar-refractivity contribution in [2.24, 2.45) is 0 Å². The van der Waals surface area contributed by atoms with Crippen molar-refractivity contribution in [2.75, 3.05) is 11.9 Å². The van der Waals surface area contributed by atoms with Crippen LogP contribution in [0.3, 0.4) is 0 Å². The Morgan fingerprint density at radius 1 is 1.25 bits per heavy atom. The number of carbonyl (C=O) groups is 1. The highest BCUT2D eigenvalue weighted by Gasteiger charge is 2.13. The van der Waals surface area contributed by atoms with Crippen LogP contribution in [-0.4, -0.2) is 22.3 Å². The molecule has 0 aliphatic rings. The summed E-state index contributed by atoms with van der Waals surface area (Å²) < 4.78 is 7.27. The number of nitrogens with zero attached hydrogens (tertiary/aromatic N) is 3. The van der Waals surface area contributed by atoms with Gasteiger partial charge >= 0.3 is 0 Å². The number of hydrogen-bond acceptors (Lipinski definition) is 4. The van der Waals surface area contributed by atoms with Crippen LogP contribution in [-0.2, 0) is 0 Å². The van der Waals surface area contributed by atoms with E-state index in [1.807, 2.05) is 20.8 Å². The van der Waals surface area contributed by atoms with Gasteiger partial charge in [0.25, 0.3) is 5.91 Å². The molecule has 7 heteroatoms. The monoisotopic (exact) mass is 394 g/mol. The van der Waals surface area contributed by atoms with Gasteiger partial charge in [-0.3, -0.25) is 4.79 Å². The number of benzene rings is 2. The Labute approximate surface area is 168 Å². The van der Waals surface area contributed by atoms with Gasteiger partial charge in [0.2, 0.25) is 0 Å². The van der Waals surface area contributed by atoms with Crippen molar-refractivity contribution >= 4 is 23.2 Å². The van der Waals surface area contributed by atoms with Crippen molar-refractivity contribution in [3.63, 3.8) is 0 Å². The molecule has 1 N–H and O–H groups in total. The number of nitrogens with one attached hydrogen (secondary N) is 1. The molecule has 0 bridgehead atoms. The van der Waals surface area contributed by atoms with E-state index in [4.69, 9.17) is 21.6 Å². The van der Waals surface area contributed by atoms with E-state index in [0.29, 0.717) is 34.2 Å². The van der Waals surface area contributed by atoms with E-state index in [1.54, 1.807) is 47.1 Å². The van der Waals surface area contributed by atoms with Gasteiger partial charge in [-0.05, 0) is 63.2 Å². The number of carbonyl (C=O) groups excluding carboxylic acids is 1. The molecule has 2 aromatic carbocycles. The first kappa shape index (κ1) is 19.5. The van der Waals surface area contributed by atoms with Crippen molar-refractivity contribution in [3.8, 4) is 17.5 Å². The highest BCUT2D eigenvalue weighted by Crippen LogP contribution is 2.27. The van der Waals surface area contributed by atoms with Gasteiger partial charge in [0.15, 0.2) is 0 Å². The van der Waals surface area contributed by atoms with E-state index in [-0.39, 0.29) is 5.91 Å². The van der Waals surface area contributed by atoms with Crippen molar-refractivity contribution in [3.05, 3.63) is 70.0 Å². The molecule has 0 fully saturated rings. The first-order valence-corrected chi connectivity index (χ1v) is 9.12. The summed E-state index contributed by atoms with van der Waals surface area (Å²) in [7, 11) is 0. The summed E-state index contributed by atoms with van der Waals surface area (Å²) in [5.74, 6) is 0.220. The molecule has 28 heavy (non-hydrogen) atoms. The Morgan fingerprint density at radius 2 is 1.96 bits per heavy atom. The number of anilines is 1. The average molecular weight is 395 g/mol. The molecular formula is C21H19ClN4O2. The minimum Gasteiger partial charge on any atom is -0.492 e. The SMILES string of the molecule is CCOc1ccc(C#N)cc1NC(=O)c1ccc(-n2nc(C)c(Cl)c2C)cc1. The van der Waals surface area contributed by atoms with Gasteiger partial charge in [0.1, 0.15) is 5.75 Å². The van der Waals surface area contributed by atoms with Gasteiger partial charge in [-0.25, -0.2) is 4.68 Å². The molecule has 0 aliphatic heterocycles. The molecule has 1 heterocycles. The number of aryl methyl sites for hydroxylation is 1. The van der Waals surface area contributed by atoms with Gasteiger partial charge in [-0.1, -0.05) is 11.6 Å². The van der Waals surface area contributed by atoms with E-state index in [9.17, 15) is 4.79 Å². The maximum atomic E-state index is 12.7. The van der Waals surface area contributed by atoms with Gasteiger partial charge in [-0.2, -0.15) is 10.4 Å². The smallest absolute Gasteiger partial charge is 0.255 e. The lowest BCUT2D eigenvalue weighted by molar-refractivity contribution is 0.102. The standard InChI is InChI=1S/C21H19ClN4O2/c1-4-28-19-10-5-15(12-23)11-18(19)24-21(27)16-6-8-17(9-7-16)26-14(3)20(22)13(2)25-26/h5-11H,4H2,1-3H3,(H,24,27). The summed E-state index contributed by atoms with van der Waals surface area (Å²) in [6.45, 7) is 6.04. The van der Waals surface area contributed by atoms with E-state index in [1.165, 1.54) is 0 Å².